The number of rotatable bonds is 5. The van der Waals surface area contributed by atoms with Crippen molar-refractivity contribution in [1.29, 1.82) is 0 Å². The van der Waals surface area contributed by atoms with E-state index in [2.05, 4.69) is 0 Å². The average Bonchev–Trinajstić information content (AvgIpc) is 2.37. The number of nitrogens with two attached hydrogens (primary N) is 1. The van der Waals surface area contributed by atoms with Crippen molar-refractivity contribution in [2.75, 3.05) is 5.73 Å². The summed E-state index contributed by atoms with van der Waals surface area (Å²) >= 11 is 0. The van der Waals surface area contributed by atoms with Crippen molar-refractivity contribution in [1.82, 2.24) is 0 Å². The number of aliphatic carboxylic acids is 2. The van der Waals surface area contributed by atoms with E-state index in [1.54, 1.807) is 0 Å². The predicted molar refractivity (Wildman–Crippen MR) is 67.4 cm³/mol. The van der Waals surface area contributed by atoms with Gasteiger partial charge in [-0.25, -0.2) is 8.78 Å². The smallest absolute Gasteiger partial charge is 0.325 e. The normalized spacial score (nSPS) is 11.4. The summed E-state index contributed by atoms with van der Waals surface area (Å²) in [6.07, 6.45) is -0.360. The zero-order chi connectivity index (χ0) is 15.7. The van der Waals surface area contributed by atoms with Gasteiger partial charge in [-0.2, -0.15) is 0 Å². The zero-order valence-corrected chi connectivity index (χ0v) is 11.0. The molecule has 7 heteroatoms. The number of hydrogen-bond donors (Lipinski definition) is 3. The van der Waals surface area contributed by atoms with E-state index in [1.807, 2.05) is 0 Å². The fourth-order valence-electron chi connectivity index (χ4n) is 2.22. The maximum absolute atomic E-state index is 14.0. The monoisotopic (exact) mass is 287 g/mol. The molecule has 0 fully saturated rings. The van der Waals surface area contributed by atoms with Crippen LogP contribution in [0, 0.1) is 11.6 Å². The fourth-order valence-corrected chi connectivity index (χ4v) is 2.22. The Hall–Kier alpha value is -2.18. The van der Waals surface area contributed by atoms with Gasteiger partial charge in [0.15, 0.2) is 11.2 Å². The highest BCUT2D eigenvalue weighted by atomic mass is 19.1. The van der Waals surface area contributed by atoms with E-state index in [0.717, 1.165) is 0 Å². The van der Waals surface area contributed by atoms with Crippen molar-refractivity contribution in [3.8, 4) is 0 Å². The Balaban J connectivity index is 3.82. The quantitative estimate of drug-likeness (QED) is 0.567. The van der Waals surface area contributed by atoms with Crippen LogP contribution in [0.25, 0.3) is 0 Å². The van der Waals surface area contributed by atoms with Crippen LogP contribution in [-0.4, -0.2) is 22.2 Å². The minimum atomic E-state index is -2.40. The molecule has 0 aliphatic carbocycles. The van der Waals surface area contributed by atoms with Crippen molar-refractivity contribution in [2.24, 2.45) is 0 Å². The van der Waals surface area contributed by atoms with E-state index in [4.69, 9.17) is 5.73 Å². The molecule has 0 bridgehead atoms. The first-order valence-corrected chi connectivity index (χ1v) is 5.97. The minimum Gasteiger partial charge on any atom is -0.480 e. The van der Waals surface area contributed by atoms with Crippen molar-refractivity contribution in [3.63, 3.8) is 0 Å². The number of benzene rings is 1. The number of nitrogen functional groups attached to an aromatic ring is 1. The molecule has 0 radical (unpaired) electrons. The second-order valence-corrected chi connectivity index (χ2v) is 4.33. The molecule has 110 valence electrons. The van der Waals surface area contributed by atoms with Crippen LogP contribution in [0.15, 0.2) is 6.07 Å². The maximum Gasteiger partial charge on any atom is 0.325 e. The molecule has 0 heterocycles. The number of hydrogen-bond acceptors (Lipinski definition) is 3. The number of carboxylic acid groups (broad SMARTS) is 2. The van der Waals surface area contributed by atoms with Crippen molar-refractivity contribution >= 4 is 17.6 Å². The van der Waals surface area contributed by atoms with Gasteiger partial charge in [-0.3, -0.25) is 9.59 Å². The molecule has 0 saturated heterocycles. The number of anilines is 1. The molecule has 20 heavy (non-hydrogen) atoms. The summed E-state index contributed by atoms with van der Waals surface area (Å²) in [4.78, 5) is 22.8. The highest BCUT2D eigenvalue weighted by molar-refractivity contribution is 6.05. The number of carbonyl (C=O) groups is 2. The molecule has 0 unspecified atom stereocenters. The molecule has 1 aromatic rings. The Kier molecular flexibility index (Phi) is 4.32. The Labute approximate surface area is 114 Å². The third-order valence-electron chi connectivity index (χ3n) is 3.43. The van der Waals surface area contributed by atoms with Gasteiger partial charge < -0.3 is 15.9 Å². The van der Waals surface area contributed by atoms with E-state index >= 15 is 0 Å². The topological polar surface area (TPSA) is 101 Å². The molecular weight excluding hydrogens is 272 g/mol. The molecular formula is C13H15F2NO4. The molecule has 4 N–H and O–H groups in total. The maximum atomic E-state index is 14.0. The van der Waals surface area contributed by atoms with Gasteiger partial charge in [0, 0.05) is 0 Å². The Morgan fingerprint density at radius 2 is 1.75 bits per heavy atom. The lowest BCUT2D eigenvalue weighted by atomic mass is 9.75. The number of halogens is 2. The van der Waals surface area contributed by atoms with Crippen LogP contribution < -0.4 is 5.73 Å². The predicted octanol–water partition coefficient (Wildman–Crippen LogP) is 1.93. The molecule has 5 nitrogen and oxygen atoms in total. The second-order valence-electron chi connectivity index (χ2n) is 4.33. The van der Waals surface area contributed by atoms with Crippen molar-refractivity contribution < 1.29 is 28.6 Å². The zero-order valence-electron chi connectivity index (χ0n) is 11.0. The SMILES string of the molecule is CCc1c(C(CC)(C(=O)O)C(=O)O)cc(F)c(N)c1F. The molecule has 0 atom stereocenters. The lowest BCUT2D eigenvalue weighted by molar-refractivity contribution is -0.157. The second kappa shape index (κ2) is 5.44. The van der Waals surface area contributed by atoms with Crippen LogP contribution in [0.2, 0.25) is 0 Å². The highest BCUT2D eigenvalue weighted by Crippen LogP contribution is 2.36. The van der Waals surface area contributed by atoms with E-state index < -0.39 is 40.2 Å². The summed E-state index contributed by atoms with van der Waals surface area (Å²) in [6, 6.07) is 0.697. The van der Waals surface area contributed by atoms with Gasteiger partial charge in [-0.15, -0.1) is 0 Å². The highest BCUT2D eigenvalue weighted by Gasteiger charge is 2.49. The third-order valence-corrected chi connectivity index (χ3v) is 3.43. The summed E-state index contributed by atoms with van der Waals surface area (Å²) in [6.45, 7) is 2.83. The van der Waals surface area contributed by atoms with Crippen LogP contribution in [-0.2, 0) is 21.4 Å². The molecule has 0 aliphatic heterocycles. The number of carboxylic acids is 2. The molecule has 0 amide bonds. The first kappa shape index (κ1) is 15.9. The molecule has 1 rings (SSSR count). The van der Waals surface area contributed by atoms with Gasteiger partial charge in [0.1, 0.15) is 11.5 Å². The largest absolute Gasteiger partial charge is 0.480 e. The van der Waals surface area contributed by atoms with Crippen molar-refractivity contribution in [3.05, 3.63) is 28.8 Å². The average molecular weight is 287 g/mol. The Bertz CT molecular complexity index is 558. The summed E-state index contributed by atoms with van der Waals surface area (Å²) in [5.41, 5.74) is 1.46. The lowest BCUT2D eigenvalue weighted by Gasteiger charge is -2.27. The standard InChI is InChI=1S/C13H15F2NO4/c1-3-6-7(5-8(14)10(16)9(6)15)13(4-2,11(17)18)12(19)20/h5H,3-4,16H2,1-2H3,(H,17,18)(H,19,20). The van der Waals surface area contributed by atoms with Gasteiger partial charge in [0.2, 0.25) is 0 Å². The van der Waals surface area contributed by atoms with Crippen LogP contribution in [0.5, 0.6) is 0 Å². The van der Waals surface area contributed by atoms with E-state index in [1.165, 1.54) is 13.8 Å². The summed E-state index contributed by atoms with van der Waals surface area (Å²) in [5.74, 6) is -5.63. The van der Waals surface area contributed by atoms with Crippen LogP contribution in [0.1, 0.15) is 31.4 Å². The summed E-state index contributed by atoms with van der Waals surface area (Å²) in [5, 5.41) is 18.5. The Morgan fingerprint density at radius 1 is 1.25 bits per heavy atom. The fraction of sp³-hybridized carbons (Fsp3) is 0.385. The van der Waals surface area contributed by atoms with Crippen LogP contribution in [0.4, 0.5) is 14.5 Å². The molecule has 0 aliphatic rings. The minimum absolute atomic E-state index is 0.00600. The molecule has 0 saturated carbocycles. The molecule has 1 aromatic carbocycles. The summed E-state index contributed by atoms with van der Waals surface area (Å²) < 4.78 is 27.6. The van der Waals surface area contributed by atoms with Gasteiger partial charge >= 0.3 is 11.9 Å². The molecule has 0 spiro atoms. The van der Waals surface area contributed by atoms with Gasteiger partial charge in [0.05, 0.1) is 0 Å². The van der Waals surface area contributed by atoms with Gasteiger partial charge in [0.25, 0.3) is 0 Å². The van der Waals surface area contributed by atoms with Crippen LogP contribution in [0.3, 0.4) is 0 Å². The van der Waals surface area contributed by atoms with E-state index in [-0.39, 0.29) is 18.4 Å². The van der Waals surface area contributed by atoms with Crippen LogP contribution >= 0.6 is 0 Å². The van der Waals surface area contributed by atoms with Gasteiger partial charge in [-0.1, -0.05) is 13.8 Å². The first-order valence-electron chi connectivity index (χ1n) is 5.97. The molecule has 0 aromatic heterocycles. The van der Waals surface area contributed by atoms with Crippen molar-refractivity contribution in [2.45, 2.75) is 32.1 Å². The van der Waals surface area contributed by atoms with E-state index in [0.29, 0.717) is 6.07 Å². The third kappa shape index (κ3) is 2.09. The lowest BCUT2D eigenvalue weighted by Crippen LogP contribution is -2.44. The summed E-state index contributed by atoms with van der Waals surface area (Å²) in [7, 11) is 0. The van der Waals surface area contributed by atoms with Gasteiger partial charge in [-0.05, 0) is 30.0 Å². The van der Waals surface area contributed by atoms with E-state index in [9.17, 15) is 28.6 Å². The Morgan fingerprint density at radius 3 is 2.10 bits per heavy atom. The first-order chi connectivity index (χ1) is 9.23.